The van der Waals surface area contributed by atoms with Crippen LogP contribution in [0.3, 0.4) is 0 Å². The Morgan fingerprint density at radius 2 is 2.19 bits per heavy atom. The molecule has 1 fully saturated rings. The van der Waals surface area contributed by atoms with E-state index in [-0.39, 0.29) is 6.04 Å². The first-order chi connectivity index (χ1) is 7.77. The van der Waals surface area contributed by atoms with Crippen LogP contribution in [0.15, 0.2) is 24.5 Å². The highest BCUT2D eigenvalue weighted by atomic mass is 16.4. The van der Waals surface area contributed by atoms with Gasteiger partial charge in [0.05, 0.1) is 0 Å². The minimum Gasteiger partial charge on any atom is -0.480 e. The van der Waals surface area contributed by atoms with Crippen molar-refractivity contribution in [2.75, 3.05) is 6.54 Å². The lowest BCUT2D eigenvalue weighted by atomic mass is 10.0. The molecule has 86 valence electrons. The summed E-state index contributed by atoms with van der Waals surface area (Å²) in [5.41, 5.74) is 1.13. The Labute approximate surface area is 94.9 Å². The number of pyridine rings is 1. The van der Waals surface area contributed by atoms with Gasteiger partial charge in [0.25, 0.3) is 0 Å². The largest absolute Gasteiger partial charge is 0.480 e. The zero-order chi connectivity index (χ0) is 11.4. The van der Waals surface area contributed by atoms with Crippen LogP contribution in [0.5, 0.6) is 0 Å². The van der Waals surface area contributed by atoms with Gasteiger partial charge in [0.2, 0.25) is 0 Å². The average molecular weight is 220 g/mol. The molecule has 2 heterocycles. The molecule has 0 spiro atoms. The van der Waals surface area contributed by atoms with E-state index >= 15 is 0 Å². The van der Waals surface area contributed by atoms with Gasteiger partial charge in [-0.25, -0.2) is 0 Å². The maximum Gasteiger partial charge on any atom is 0.320 e. The Kier molecular flexibility index (Phi) is 3.51. The van der Waals surface area contributed by atoms with Crippen molar-refractivity contribution in [3.8, 4) is 0 Å². The number of carboxylic acids is 1. The van der Waals surface area contributed by atoms with E-state index in [2.05, 4.69) is 4.98 Å². The molecule has 2 rings (SSSR count). The van der Waals surface area contributed by atoms with E-state index in [4.69, 9.17) is 5.11 Å². The van der Waals surface area contributed by atoms with Crippen molar-refractivity contribution in [2.24, 2.45) is 0 Å². The van der Waals surface area contributed by atoms with E-state index in [1.54, 1.807) is 12.4 Å². The summed E-state index contributed by atoms with van der Waals surface area (Å²) < 4.78 is 0. The number of rotatable bonds is 3. The molecule has 1 aromatic heterocycles. The van der Waals surface area contributed by atoms with Crippen molar-refractivity contribution in [1.29, 1.82) is 0 Å². The maximum absolute atomic E-state index is 11.1. The van der Waals surface area contributed by atoms with Crippen LogP contribution in [0.25, 0.3) is 0 Å². The number of aliphatic carboxylic acids is 1. The second kappa shape index (κ2) is 5.07. The smallest absolute Gasteiger partial charge is 0.320 e. The normalized spacial score (nSPS) is 21.9. The van der Waals surface area contributed by atoms with E-state index in [0.29, 0.717) is 6.54 Å². The van der Waals surface area contributed by atoms with Crippen LogP contribution in [-0.2, 0) is 11.3 Å². The molecule has 0 saturated carbocycles. The minimum absolute atomic E-state index is 0.318. The summed E-state index contributed by atoms with van der Waals surface area (Å²) in [6, 6.07) is 3.56. The Morgan fingerprint density at radius 3 is 2.88 bits per heavy atom. The van der Waals surface area contributed by atoms with Crippen molar-refractivity contribution in [3.05, 3.63) is 30.1 Å². The van der Waals surface area contributed by atoms with E-state index in [0.717, 1.165) is 31.4 Å². The summed E-state index contributed by atoms with van der Waals surface area (Å²) in [5, 5.41) is 9.13. The summed E-state index contributed by atoms with van der Waals surface area (Å²) in [6.45, 7) is 1.58. The summed E-state index contributed by atoms with van der Waals surface area (Å²) >= 11 is 0. The van der Waals surface area contributed by atoms with Gasteiger partial charge in [-0.15, -0.1) is 0 Å². The van der Waals surface area contributed by atoms with Gasteiger partial charge in [0.1, 0.15) is 6.04 Å². The summed E-state index contributed by atoms with van der Waals surface area (Å²) in [4.78, 5) is 17.1. The first-order valence-corrected chi connectivity index (χ1v) is 5.63. The summed E-state index contributed by atoms with van der Waals surface area (Å²) in [6.07, 6.45) is 6.36. The topological polar surface area (TPSA) is 53.4 Å². The molecule has 0 aromatic carbocycles. The summed E-state index contributed by atoms with van der Waals surface area (Å²) in [5.74, 6) is -0.700. The highest BCUT2D eigenvalue weighted by molar-refractivity contribution is 5.73. The zero-order valence-electron chi connectivity index (χ0n) is 9.17. The van der Waals surface area contributed by atoms with Crippen molar-refractivity contribution >= 4 is 5.97 Å². The number of aromatic nitrogens is 1. The lowest BCUT2D eigenvalue weighted by molar-refractivity contribution is -0.144. The molecule has 4 nitrogen and oxygen atoms in total. The highest BCUT2D eigenvalue weighted by Gasteiger charge is 2.27. The van der Waals surface area contributed by atoms with Gasteiger partial charge in [-0.05, 0) is 37.1 Å². The van der Waals surface area contributed by atoms with E-state index in [9.17, 15) is 4.79 Å². The van der Waals surface area contributed by atoms with Crippen LogP contribution in [-0.4, -0.2) is 33.5 Å². The van der Waals surface area contributed by atoms with Crippen LogP contribution in [0.1, 0.15) is 24.8 Å². The number of carbonyl (C=O) groups is 1. The predicted molar refractivity (Wildman–Crippen MR) is 59.9 cm³/mol. The molecule has 1 N–H and O–H groups in total. The molecule has 0 radical (unpaired) electrons. The van der Waals surface area contributed by atoms with E-state index in [1.165, 1.54) is 0 Å². The maximum atomic E-state index is 11.1. The first-order valence-electron chi connectivity index (χ1n) is 5.63. The minimum atomic E-state index is -0.700. The van der Waals surface area contributed by atoms with E-state index < -0.39 is 5.97 Å². The Bertz CT molecular complexity index is 353. The molecule has 0 aliphatic carbocycles. The molecule has 1 saturated heterocycles. The number of carboxylic acid groups (broad SMARTS) is 1. The first kappa shape index (κ1) is 11.1. The van der Waals surface area contributed by atoms with Gasteiger partial charge in [0.15, 0.2) is 0 Å². The van der Waals surface area contributed by atoms with Crippen LogP contribution in [0.2, 0.25) is 0 Å². The highest BCUT2D eigenvalue weighted by Crippen LogP contribution is 2.19. The number of likely N-dealkylation sites (tertiary alicyclic amines) is 1. The molecular formula is C12H16N2O2. The van der Waals surface area contributed by atoms with Crippen LogP contribution >= 0.6 is 0 Å². The van der Waals surface area contributed by atoms with E-state index in [1.807, 2.05) is 17.0 Å². The average Bonchev–Trinajstić information content (AvgIpc) is 2.31. The predicted octanol–water partition coefficient (Wildman–Crippen LogP) is 1.52. The molecule has 1 atom stereocenters. The summed E-state index contributed by atoms with van der Waals surface area (Å²) in [7, 11) is 0. The lowest BCUT2D eigenvalue weighted by Gasteiger charge is -2.32. The fourth-order valence-corrected chi connectivity index (χ4v) is 2.18. The quantitative estimate of drug-likeness (QED) is 0.839. The van der Waals surface area contributed by atoms with Crippen molar-refractivity contribution < 1.29 is 9.90 Å². The van der Waals surface area contributed by atoms with Crippen LogP contribution in [0.4, 0.5) is 0 Å². The fourth-order valence-electron chi connectivity index (χ4n) is 2.18. The second-order valence-corrected chi connectivity index (χ2v) is 4.18. The van der Waals surface area contributed by atoms with Crippen LogP contribution < -0.4 is 0 Å². The molecular weight excluding hydrogens is 204 g/mol. The van der Waals surface area contributed by atoms with Gasteiger partial charge in [-0.2, -0.15) is 0 Å². The third kappa shape index (κ3) is 2.58. The third-order valence-corrected chi connectivity index (χ3v) is 3.03. The van der Waals surface area contributed by atoms with Gasteiger partial charge in [0, 0.05) is 18.9 Å². The molecule has 0 amide bonds. The van der Waals surface area contributed by atoms with Crippen molar-refractivity contribution in [1.82, 2.24) is 9.88 Å². The number of nitrogens with zero attached hydrogens (tertiary/aromatic N) is 2. The molecule has 1 aliphatic rings. The molecule has 0 unspecified atom stereocenters. The SMILES string of the molecule is O=C(O)[C@@H]1CCCCN1Cc1ccncc1. The van der Waals surface area contributed by atoms with Gasteiger partial charge in [-0.1, -0.05) is 6.42 Å². The third-order valence-electron chi connectivity index (χ3n) is 3.03. The molecule has 16 heavy (non-hydrogen) atoms. The number of hydrogen-bond donors (Lipinski definition) is 1. The number of hydrogen-bond acceptors (Lipinski definition) is 3. The van der Waals surface area contributed by atoms with Gasteiger partial charge in [-0.3, -0.25) is 14.7 Å². The second-order valence-electron chi connectivity index (χ2n) is 4.18. The monoisotopic (exact) mass is 220 g/mol. The lowest BCUT2D eigenvalue weighted by Crippen LogP contribution is -2.43. The molecule has 0 bridgehead atoms. The van der Waals surface area contributed by atoms with Crippen molar-refractivity contribution in [3.63, 3.8) is 0 Å². The van der Waals surface area contributed by atoms with Gasteiger partial charge >= 0.3 is 5.97 Å². The molecule has 1 aromatic rings. The Balaban J connectivity index is 2.04. The standard InChI is InChI=1S/C12H16N2O2/c15-12(16)11-3-1-2-8-14(11)9-10-4-6-13-7-5-10/h4-7,11H,1-3,8-9H2,(H,15,16)/t11-/m0/s1. The number of piperidine rings is 1. The zero-order valence-corrected chi connectivity index (χ0v) is 9.17. The van der Waals surface area contributed by atoms with Gasteiger partial charge < -0.3 is 5.11 Å². The van der Waals surface area contributed by atoms with Crippen molar-refractivity contribution in [2.45, 2.75) is 31.8 Å². The fraction of sp³-hybridized carbons (Fsp3) is 0.500. The molecule has 1 aliphatic heterocycles. The Morgan fingerprint density at radius 1 is 1.44 bits per heavy atom. The van der Waals surface area contributed by atoms with Crippen LogP contribution in [0, 0.1) is 0 Å². The molecule has 4 heteroatoms. The Hall–Kier alpha value is -1.42.